The van der Waals surface area contributed by atoms with Gasteiger partial charge in [-0.1, -0.05) is 0 Å². The zero-order chi connectivity index (χ0) is 12.1. The van der Waals surface area contributed by atoms with E-state index in [1.807, 2.05) is 20.8 Å². The SMILES string of the molecule is CC(C)NC(=O)C(C)NCC1CCCN1C. The van der Waals surface area contributed by atoms with Crippen LogP contribution in [0.2, 0.25) is 0 Å². The summed E-state index contributed by atoms with van der Waals surface area (Å²) in [7, 11) is 2.15. The molecule has 0 spiro atoms. The first-order chi connectivity index (χ1) is 7.50. The minimum Gasteiger partial charge on any atom is -0.353 e. The van der Waals surface area contributed by atoms with E-state index < -0.39 is 0 Å². The van der Waals surface area contributed by atoms with Crippen molar-refractivity contribution in [3.8, 4) is 0 Å². The number of likely N-dealkylation sites (tertiary alicyclic amines) is 1. The maximum atomic E-state index is 11.7. The Labute approximate surface area is 98.8 Å². The van der Waals surface area contributed by atoms with Gasteiger partial charge in [-0.05, 0) is 47.2 Å². The van der Waals surface area contributed by atoms with E-state index in [-0.39, 0.29) is 18.0 Å². The summed E-state index contributed by atoms with van der Waals surface area (Å²) in [5.41, 5.74) is 0. The van der Waals surface area contributed by atoms with E-state index in [1.165, 1.54) is 19.4 Å². The molecule has 0 bridgehead atoms. The molecule has 1 aliphatic heterocycles. The van der Waals surface area contributed by atoms with Crippen LogP contribution in [0.5, 0.6) is 0 Å². The van der Waals surface area contributed by atoms with Crippen molar-refractivity contribution < 1.29 is 4.79 Å². The van der Waals surface area contributed by atoms with Gasteiger partial charge in [0.2, 0.25) is 5.91 Å². The number of likely N-dealkylation sites (N-methyl/N-ethyl adjacent to an activating group) is 1. The highest BCUT2D eigenvalue weighted by molar-refractivity contribution is 5.81. The topological polar surface area (TPSA) is 44.4 Å². The van der Waals surface area contributed by atoms with Gasteiger partial charge in [0, 0.05) is 18.6 Å². The molecule has 1 saturated heterocycles. The fourth-order valence-electron chi connectivity index (χ4n) is 2.05. The monoisotopic (exact) mass is 227 g/mol. The van der Waals surface area contributed by atoms with Gasteiger partial charge in [-0.2, -0.15) is 0 Å². The fraction of sp³-hybridized carbons (Fsp3) is 0.917. The summed E-state index contributed by atoms with van der Waals surface area (Å²) >= 11 is 0. The molecule has 4 nitrogen and oxygen atoms in total. The second-order valence-electron chi connectivity index (χ2n) is 5.07. The third kappa shape index (κ3) is 4.10. The van der Waals surface area contributed by atoms with Gasteiger partial charge in [-0.15, -0.1) is 0 Å². The molecule has 4 heteroatoms. The van der Waals surface area contributed by atoms with Crippen LogP contribution in [-0.4, -0.2) is 49.1 Å². The standard InChI is InChI=1S/C12H25N3O/c1-9(2)14-12(16)10(3)13-8-11-6-5-7-15(11)4/h9-11,13H,5-8H2,1-4H3,(H,14,16). The molecular formula is C12H25N3O. The summed E-state index contributed by atoms with van der Waals surface area (Å²) in [6.07, 6.45) is 2.51. The summed E-state index contributed by atoms with van der Waals surface area (Å²) in [5, 5.41) is 6.22. The van der Waals surface area contributed by atoms with E-state index in [4.69, 9.17) is 0 Å². The minimum absolute atomic E-state index is 0.0932. The first kappa shape index (κ1) is 13.5. The third-order valence-electron chi connectivity index (χ3n) is 3.16. The van der Waals surface area contributed by atoms with E-state index in [0.29, 0.717) is 6.04 Å². The van der Waals surface area contributed by atoms with E-state index in [9.17, 15) is 4.79 Å². The van der Waals surface area contributed by atoms with Crippen molar-refractivity contribution in [3.05, 3.63) is 0 Å². The maximum absolute atomic E-state index is 11.7. The van der Waals surface area contributed by atoms with Crippen LogP contribution in [-0.2, 0) is 4.79 Å². The van der Waals surface area contributed by atoms with Crippen LogP contribution >= 0.6 is 0 Å². The van der Waals surface area contributed by atoms with Crippen LogP contribution in [0.15, 0.2) is 0 Å². The minimum atomic E-state index is -0.101. The van der Waals surface area contributed by atoms with Gasteiger partial charge < -0.3 is 15.5 Å². The number of amides is 1. The van der Waals surface area contributed by atoms with Gasteiger partial charge in [-0.3, -0.25) is 4.79 Å². The van der Waals surface area contributed by atoms with Crippen molar-refractivity contribution in [1.29, 1.82) is 0 Å². The van der Waals surface area contributed by atoms with Crippen LogP contribution in [0.1, 0.15) is 33.6 Å². The molecule has 1 aliphatic rings. The van der Waals surface area contributed by atoms with Crippen LogP contribution in [0.3, 0.4) is 0 Å². The summed E-state index contributed by atoms with van der Waals surface area (Å²) in [6.45, 7) is 7.97. The molecule has 0 saturated carbocycles. The molecule has 0 aliphatic carbocycles. The Kier molecular flexibility index (Phi) is 5.22. The Morgan fingerprint density at radius 2 is 2.12 bits per heavy atom. The van der Waals surface area contributed by atoms with Gasteiger partial charge in [0.25, 0.3) is 0 Å². The number of rotatable bonds is 5. The predicted molar refractivity (Wildman–Crippen MR) is 66.4 cm³/mol. The molecule has 0 radical (unpaired) electrons. The quantitative estimate of drug-likeness (QED) is 0.722. The van der Waals surface area contributed by atoms with Crippen molar-refractivity contribution in [2.24, 2.45) is 0 Å². The highest BCUT2D eigenvalue weighted by atomic mass is 16.2. The summed E-state index contributed by atoms with van der Waals surface area (Å²) in [5.74, 6) is 0.0932. The Morgan fingerprint density at radius 1 is 1.44 bits per heavy atom. The van der Waals surface area contributed by atoms with Crippen molar-refractivity contribution >= 4 is 5.91 Å². The van der Waals surface area contributed by atoms with Gasteiger partial charge in [0.1, 0.15) is 0 Å². The van der Waals surface area contributed by atoms with E-state index in [1.54, 1.807) is 0 Å². The van der Waals surface area contributed by atoms with Crippen molar-refractivity contribution in [2.45, 2.75) is 51.7 Å². The first-order valence-corrected chi connectivity index (χ1v) is 6.24. The van der Waals surface area contributed by atoms with Crippen LogP contribution in [0.25, 0.3) is 0 Å². The molecule has 1 heterocycles. The lowest BCUT2D eigenvalue weighted by Crippen LogP contribution is -2.48. The maximum Gasteiger partial charge on any atom is 0.237 e. The molecule has 16 heavy (non-hydrogen) atoms. The zero-order valence-electron chi connectivity index (χ0n) is 10.9. The lowest BCUT2D eigenvalue weighted by Gasteiger charge is -2.22. The average molecular weight is 227 g/mol. The Morgan fingerprint density at radius 3 is 2.62 bits per heavy atom. The molecule has 0 aromatic rings. The Hall–Kier alpha value is -0.610. The molecule has 1 rings (SSSR count). The lowest BCUT2D eigenvalue weighted by atomic mass is 10.2. The summed E-state index contributed by atoms with van der Waals surface area (Å²) in [6, 6.07) is 0.705. The van der Waals surface area contributed by atoms with Gasteiger partial charge in [0.05, 0.1) is 6.04 Å². The number of nitrogens with zero attached hydrogens (tertiary/aromatic N) is 1. The number of carbonyl (C=O) groups excluding carboxylic acids is 1. The molecule has 1 amide bonds. The van der Waals surface area contributed by atoms with Crippen LogP contribution < -0.4 is 10.6 Å². The normalized spacial score (nSPS) is 23.7. The molecule has 0 aromatic carbocycles. The number of hydrogen-bond acceptors (Lipinski definition) is 3. The van der Waals surface area contributed by atoms with Gasteiger partial charge >= 0.3 is 0 Å². The molecule has 94 valence electrons. The van der Waals surface area contributed by atoms with Crippen molar-refractivity contribution in [1.82, 2.24) is 15.5 Å². The molecule has 2 atom stereocenters. The number of hydrogen-bond donors (Lipinski definition) is 2. The Balaban J connectivity index is 2.23. The Bertz CT molecular complexity index is 230. The third-order valence-corrected chi connectivity index (χ3v) is 3.16. The highest BCUT2D eigenvalue weighted by Crippen LogP contribution is 2.13. The average Bonchev–Trinajstić information content (AvgIpc) is 2.59. The van der Waals surface area contributed by atoms with Gasteiger partial charge in [-0.25, -0.2) is 0 Å². The van der Waals surface area contributed by atoms with E-state index >= 15 is 0 Å². The first-order valence-electron chi connectivity index (χ1n) is 6.24. The largest absolute Gasteiger partial charge is 0.353 e. The molecule has 1 fully saturated rings. The zero-order valence-corrected chi connectivity index (χ0v) is 10.9. The highest BCUT2D eigenvalue weighted by Gasteiger charge is 2.22. The number of carbonyl (C=O) groups is 1. The fourth-order valence-corrected chi connectivity index (χ4v) is 2.05. The van der Waals surface area contributed by atoms with Crippen LogP contribution in [0.4, 0.5) is 0 Å². The predicted octanol–water partition coefficient (Wildman–Crippen LogP) is 0.583. The lowest BCUT2D eigenvalue weighted by molar-refractivity contribution is -0.123. The summed E-state index contributed by atoms with van der Waals surface area (Å²) in [4.78, 5) is 14.0. The second-order valence-corrected chi connectivity index (χ2v) is 5.07. The van der Waals surface area contributed by atoms with E-state index in [2.05, 4.69) is 22.6 Å². The van der Waals surface area contributed by atoms with Gasteiger partial charge in [0.15, 0.2) is 0 Å². The molecule has 2 unspecified atom stereocenters. The molecular weight excluding hydrogens is 202 g/mol. The smallest absolute Gasteiger partial charge is 0.237 e. The van der Waals surface area contributed by atoms with Crippen molar-refractivity contribution in [2.75, 3.05) is 20.1 Å². The molecule has 0 aromatic heterocycles. The van der Waals surface area contributed by atoms with Crippen molar-refractivity contribution in [3.63, 3.8) is 0 Å². The number of nitrogens with one attached hydrogen (secondary N) is 2. The van der Waals surface area contributed by atoms with Crippen LogP contribution in [0, 0.1) is 0 Å². The second kappa shape index (κ2) is 6.21. The molecule has 2 N–H and O–H groups in total. The van der Waals surface area contributed by atoms with E-state index in [0.717, 1.165) is 6.54 Å². The summed E-state index contributed by atoms with van der Waals surface area (Å²) < 4.78 is 0.